The van der Waals surface area contributed by atoms with Gasteiger partial charge in [-0.1, -0.05) is 0 Å². The lowest BCUT2D eigenvalue weighted by Gasteiger charge is -2.09. The van der Waals surface area contributed by atoms with Gasteiger partial charge in [-0.3, -0.25) is 0 Å². The third-order valence-electron chi connectivity index (χ3n) is 2.35. The molecule has 0 spiro atoms. The largest absolute Gasteiger partial charge is 0.396 e. The molecular formula is C11H17FN2O2S. The first-order chi connectivity index (χ1) is 7.83. The molecule has 0 bridgehead atoms. The summed E-state index contributed by atoms with van der Waals surface area (Å²) in [5.74, 6) is -0.687. The number of halogens is 1. The molecule has 17 heavy (non-hydrogen) atoms. The fourth-order valence-corrected chi connectivity index (χ4v) is 2.69. The van der Waals surface area contributed by atoms with Gasteiger partial charge in [0, 0.05) is 0 Å². The average molecular weight is 260 g/mol. The van der Waals surface area contributed by atoms with Gasteiger partial charge in [-0.05, 0) is 45.3 Å². The quantitative estimate of drug-likeness (QED) is 0.806. The van der Waals surface area contributed by atoms with Gasteiger partial charge < -0.3 is 10.6 Å². The number of nitrogens with zero attached hydrogens (tertiary/aromatic N) is 1. The lowest BCUT2D eigenvalue weighted by atomic mass is 10.3. The SMILES string of the molecule is CN(C)CCCS(=O)(=O)c1ccc(N)c(F)c1. The summed E-state index contributed by atoms with van der Waals surface area (Å²) in [5.41, 5.74) is 5.25. The molecule has 0 aromatic heterocycles. The van der Waals surface area contributed by atoms with Crippen LogP contribution in [-0.2, 0) is 9.84 Å². The topological polar surface area (TPSA) is 63.4 Å². The van der Waals surface area contributed by atoms with Crippen molar-refractivity contribution in [1.82, 2.24) is 4.90 Å². The molecule has 6 heteroatoms. The molecule has 0 aliphatic carbocycles. The van der Waals surface area contributed by atoms with Crippen molar-refractivity contribution in [3.63, 3.8) is 0 Å². The number of anilines is 1. The summed E-state index contributed by atoms with van der Waals surface area (Å²) in [6, 6.07) is 3.58. The van der Waals surface area contributed by atoms with Crippen molar-refractivity contribution in [3.05, 3.63) is 24.0 Å². The molecule has 0 amide bonds. The highest BCUT2D eigenvalue weighted by atomic mass is 32.2. The van der Waals surface area contributed by atoms with E-state index in [4.69, 9.17) is 5.73 Å². The second kappa shape index (κ2) is 5.46. The van der Waals surface area contributed by atoms with Crippen LogP contribution in [0.15, 0.2) is 23.1 Å². The van der Waals surface area contributed by atoms with Crippen molar-refractivity contribution < 1.29 is 12.8 Å². The first kappa shape index (κ1) is 13.9. The van der Waals surface area contributed by atoms with Crippen molar-refractivity contribution in [2.75, 3.05) is 32.1 Å². The molecule has 0 saturated heterocycles. The molecule has 0 fully saturated rings. The number of sulfone groups is 1. The fourth-order valence-electron chi connectivity index (χ4n) is 1.39. The number of rotatable bonds is 5. The Labute approximate surface area is 101 Å². The van der Waals surface area contributed by atoms with E-state index in [0.717, 1.165) is 6.07 Å². The highest BCUT2D eigenvalue weighted by Gasteiger charge is 2.15. The van der Waals surface area contributed by atoms with E-state index in [1.807, 2.05) is 19.0 Å². The Kier molecular flexibility index (Phi) is 4.47. The number of hydrogen-bond acceptors (Lipinski definition) is 4. The third kappa shape index (κ3) is 3.98. The molecule has 0 atom stereocenters. The van der Waals surface area contributed by atoms with Crippen molar-refractivity contribution in [3.8, 4) is 0 Å². The summed E-state index contributed by atoms with van der Waals surface area (Å²) < 4.78 is 36.9. The smallest absolute Gasteiger partial charge is 0.178 e. The first-order valence-electron chi connectivity index (χ1n) is 5.25. The Morgan fingerprint density at radius 1 is 1.35 bits per heavy atom. The normalized spacial score (nSPS) is 12.0. The monoisotopic (exact) mass is 260 g/mol. The molecule has 1 aromatic carbocycles. The molecule has 96 valence electrons. The second-order valence-corrected chi connectivity index (χ2v) is 6.27. The van der Waals surface area contributed by atoms with Crippen LogP contribution in [0, 0.1) is 5.82 Å². The molecule has 0 aliphatic heterocycles. The predicted octanol–water partition coefficient (Wildman–Crippen LogP) is 1.13. The van der Waals surface area contributed by atoms with Gasteiger partial charge in [-0.15, -0.1) is 0 Å². The van der Waals surface area contributed by atoms with Gasteiger partial charge in [0.1, 0.15) is 5.82 Å². The average Bonchev–Trinajstić information content (AvgIpc) is 2.21. The minimum atomic E-state index is -3.42. The zero-order valence-corrected chi connectivity index (χ0v) is 10.8. The van der Waals surface area contributed by atoms with Crippen molar-refractivity contribution in [1.29, 1.82) is 0 Å². The molecule has 2 N–H and O–H groups in total. The molecular weight excluding hydrogens is 243 g/mol. The van der Waals surface area contributed by atoms with Crippen LogP contribution in [0.1, 0.15) is 6.42 Å². The zero-order valence-electron chi connectivity index (χ0n) is 9.98. The van der Waals surface area contributed by atoms with Gasteiger partial charge in [-0.25, -0.2) is 12.8 Å². The predicted molar refractivity (Wildman–Crippen MR) is 66.0 cm³/mol. The number of hydrogen-bond donors (Lipinski definition) is 1. The van der Waals surface area contributed by atoms with Crippen LogP contribution in [-0.4, -0.2) is 39.7 Å². The maximum Gasteiger partial charge on any atom is 0.178 e. The lowest BCUT2D eigenvalue weighted by molar-refractivity contribution is 0.408. The minimum Gasteiger partial charge on any atom is -0.396 e. The van der Waals surface area contributed by atoms with E-state index in [9.17, 15) is 12.8 Å². The highest BCUT2D eigenvalue weighted by Crippen LogP contribution is 2.17. The van der Waals surface area contributed by atoms with Gasteiger partial charge in [0.05, 0.1) is 16.3 Å². The maximum absolute atomic E-state index is 13.2. The van der Waals surface area contributed by atoms with Crippen LogP contribution in [0.4, 0.5) is 10.1 Å². The molecule has 0 heterocycles. The van der Waals surface area contributed by atoms with Crippen LogP contribution in [0.3, 0.4) is 0 Å². The molecule has 1 aromatic rings. The fraction of sp³-hybridized carbons (Fsp3) is 0.455. The Balaban J connectivity index is 2.79. The zero-order chi connectivity index (χ0) is 13.1. The van der Waals surface area contributed by atoms with Gasteiger partial charge >= 0.3 is 0 Å². The van der Waals surface area contributed by atoms with Gasteiger partial charge in [-0.2, -0.15) is 0 Å². The summed E-state index contributed by atoms with van der Waals surface area (Å²) >= 11 is 0. The summed E-state index contributed by atoms with van der Waals surface area (Å²) in [5, 5.41) is 0. The standard InChI is InChI=1S/C11H17FN2O2S/c1-14(2)6-3-7-17(15,16)9-4-5-11(13)10(12)8-9/h4-5,8H,3,6-7,13H2,1-2H3. The van der Waals surface area contributed by atoms with E-state index < -0.39 is 15.7 Å². The van der Waals surface area contributed by atoms with E-state index in [-0.39, 0.29) is 16.3 Å². The van der Waals surface area contributed by atoms with Gasteiger partial charge in [0.15, 0.2) is 9.84 Å². The lowest BCUT2D eigenvalue weighted by Crippen LogP contribution is -2.17. The van der Waals surface area contributed by atoms with E-state index in [1.165, 1.54) is 12.1 Å². The van der Waals surface area contributed by atoms with E-state index in [2.05, 4.69) is 0 Å². The third-order valence-corrected chi connectivity index (χ3v) is 4.15. The number of nitrogen functional groups attached to an aromatic ring is 1. The first-order valence-corrected chi connectivity index (χ1v) is 6.90. The van der Waals surface area contributed by atoms with Crippen molar-refractivity contribution in [2.45, 2.75) is 11.3 Å². The molecule has 0 unspecified atom stereocenters. The van der Waals surface area contributed by atoms with Crippen LogP contribution < -0.4 is 5.73 Å². The summed E-state index contributed by atoms with van der Waals surface area (Å²) in [7, 11) is 0.324. The Morgan fingerprint density at radius 3 is 2.53 bits per heavy atom. The molecule has 4 nitrogen and oxygen atoms in total. The molecule has 0 radical (unpaired) electrons. The second-order valence-electron chi connectivity index (χ2n) is 4.16. The van der Waals surface area contributed by atoms with Gasteiger partial charge in [0.25, 0.3) is 0 Å². The van der Waals surface area contributed by atoms with Crippen LogP contribution in [0.2, 0.25) is 0 Å². The van der Waals surface area contributed by atoms with Crippen LogP contribution in [0.5, 0.6) is 0 Å². The summed E-state index contributed by atoms with van der Waals surface area (Å²) in [4.78, 5) is 1.89. The molecule has 1 rings (SSSR count). The van der Waals surface area contributed by atoms with Crippen molar-refractivity contribution in [2.24, 2.45) is 0 Å². The molecule has 0 aliphatic rings. The summed E-state index contributed by atoms with van der Waals surface area (Å²) in [6.45, 7) is 0.677. The summed E-state index contributed by atoms with van der Waals surface area (Å²) in [6.07, 6.45) is 0.515. The van der Waals surface area contributed by atoms with Crippen LogP contribution >= 0.6 is 0 Å². The van der Waals surface area contributed by atoms with Crippen molar-refractivity contribution >= 4 is 15.5 Å². The van der Waals surface area contributed by atoms with E-state index in [1.54, 1.807) is 0 Å². The number of nitrogens with two attached hydrogens (primary N) is 1. The van der Waals surface area contributed by atoms with Gasteiger partial charge in [0.2, 0.25) is 0 Å². The Bertz CT molecular complexity index is 486. The molecule has 0 saturated carbocycles. The maximum atomic E-state index is 13.2. The number of benzene rings is 1. The van der Waals surface area contributed by atoms with Crippen LogP contribution in [0.25, 0.3) is 0 Å². The van der Waals surface area contributed by atoms with E-state index >= 15 is 0 Å². The van der Waals surface area contributed by atoms with E-state index in [0.29, 0.717) is 13.0 Å². The minimum absolute atomic E-state index is 0.00847. The Morgan fingerprint density at radius 2 is 2.00 bits per heavy atom. The Hall–Kier alpha value is -1.14. The highest BCUT2D eigenvalue weighted by molar-refractivity contribution is 7.91.